The monoisotopic (exact) mass is 243 g/mol. The fraction of sp³-hybridized carbons (Fsp3) is 0.923. The van der Waals surface area contributed by atoms with Crippen molar-refractivity contribution < 1.29 is 14.3 Å². The zero-order chi connectivity index (χ0) is 12.5. The lowest BCUT2D eigenvalue weighted by molar-refractivity contribution is -0.148. The van der Waals surface area contributed by atoms with Crippen molar-refractivity contribution in [3.8, 4) is 0 Å². The van der Waals surface area contributed by atoms with E-state index in [1.807, 2.05) is 6.92 Å². The van der Waals surface area contributed by atoms with Crippen molar-refractivity contribution in [2.45, 2.75) is 51.5 Å². The van der Waals surface area contributed by atoms with Crippen molar-refractivity contribution in [3.05, 3.63) is 0 Å². The molecule has 100 valence electrons. The summed E-state index contributed by atoms with van der Waals surface area (Å²) >= 11 is 0. The van der Waals surface area contributed by atoms with Gasteiger partial charge in [0.05, 0.1) is 6.61 Å². The number of carbonyl (C=O) groups excluding carboxylic acids is 1. The third-order valence-electron chi connectivity index (χ3n) is 3.25. The first-order chi connectivity index (χ1) is 8.25. The molecule has 0 aromatic carbocycles. The third kappa shape index (κ3) is 5.50. The van der Waals surface area contributed by atoms with Crippen LogP contribution in [0.3, 0.4) is 0 Å². The number of esters is 1. The number of rotatable bonds is 7. The smallest absolute Gasteiger partial charge is 0.323 e. The maximum Gasteiger partial charge on any atom is 0.323 e. The Morgan fingerprint density at radius 2 is 1.94 bits per heavy atom. The highest BCUT2D eigenvalue weighted by atomic mass is 16.6. The molecule has 2 N–H and O–H groups in total. The summed E-state index contributed by atoms with van der Waals surface area (Å²) in [5.74, 6) is 0.0461. The first kappa shape index (κ1) is 14.5. The van der Waals surface area contributed by atoms with Gasteiger partial charge in [-0.25, -0.2) is 0 Å². The maximum absolute atomic E-state index is 11.7. The summed E-state index contributed by atoms with van der Waals surface area (Å²) in [5, 5.41) is 0. The van der Waals surface area contributed by atoms with Gasteiger partial charge in [-0.3, -0.25) is 4.79 Å². The predicted octanol–water partition coefficient (Wildman–Crippen LogP) is 1.86. The van der Waals surface area contributed by atoms with E-state index in [2.05, 4.69) is 0 Å². The lowest BCUT2D eigenvalue weighted by atomic mass is 9.84. The molecule has 1 unspecified atom stereocenters. The van der Waals surface area contributed by atoms with Crippen LogP contribution in [0.4, 0.5) is 0 Å². The number of ether oxygens (including phenoxy) is 2. The second-order valence-electron chi connectivity index (χ2n) is 4.70. The highest BCUT2D eigenvalue weighted by molar-refractivity contribution is 5.75. The van der Waals surface area contributed by atoms with Gasteiger partial charge in [-0.05, 0) is 25.2 Å². The molecular formula is C13H25NO3. The number of carbonyl (C=O) groups is 1. The van der Waals surface area contributed by atoms with E-state index >= 15 is 0 Å². The van der Waals surface area contributed by atoms with Gasteiger partial charge in [-0.1, -0.05) is 26.2 Å². The Hall–Kier alpha value is -0.610. The van der Waals surface area contributed by atoms with Gasteiger partial charge in [-0.15, -0.1) is 0 Å². The largest absolute Gasteiger partial charge is 0.462 e. The van der Waals surface area contributed by atoms with Crippen LogP contribution in [0.25, 0.3) is 0 Å². The first-order valence-electron chi connectivity index (χ1n) is 6.75. The van der Waals surface area contributed by atoms with Gasteiger partial charge in [0.2, 0.25) is 0 Å². The average molecular weight is 243 g/mol. The highest BCUT2D eigenvalue weighted by Gasteiger charge is 2.27. The van der Waals surface area contributed by atoms with Crippen molar-refractivity contribution >= 4 is 5.97 Å². The fourth-order valence-corrected chi connectivity index (χ4v) is 2.23. The second-order valence-corrected chi connectivity index (χ2v) is 4.70. The van der Waals surface area contributed by atoms with Crippen LogP contribution in [0.5, 0.6) is 0 Å². The predicted molar refractivity (Wildman–Crippen MR) is 66.6 cm³/mol. The van der Waals surface area contributed by atoms with E-state index in [9.17, 15) is 4.79 Å². The lowest BCUT2D eigenvalue weighted by Crippen LogP contribution is -2.40. The van der Waals surface area contributed by atoms with Gasteiger partial charge < -0.3 is 15.2 Å². The Labute approximate surface area is 104 Å². The molecule has 0 spiro atoms. The molecule has 0 amide bonds. The molecule has 0 radical (unpaired) electrons. The highest BCUT2D eigenvalue weighted by Crippen LogP contribution is 2.25. The van der Waals surface area contributed by atoms with Crippen molar-refractivity contribution in [1.82, 2.24) is 0 Å². The summed E-state index contributed by atoms with van der Waals surface area (Å²) in [7, 11) is 0. The average Bonchev–Trinajstić information content (AvgIpc) is 2.38. The normalized spacial score (nSPS) is 18.9. The standard InChI is InChI=1S/C13H25NO3/c1-2-8-16-9-10-17-13(15)12(14)11-6-4-3-5-7-11/h11-12H,2-10,14H2,1H3. The van der Waals surface area contributed by atoms with E-state index < -0.39 is 6.04 Å². The minimum atomic E-state index is -0.443. The molecule has 1 aliphatic carbocycles. The van der Waals surface area contributed by atoms with Crippen LogP contribution in [-0.4, -0.2) is 31.8 Å². The molecule has 1 saturated carbocycles. The maximum atomic E-state index is 11.7. The molecule has 1 rings (SSSR count). The van der Waals surface area contributed by atoms with Crippen LogP contribution in [0.15, 0.2) is 0 Å². The summed E-state index contributed by atoms with van der Waals surface area (Å²) in [5.41, 5.74) is 5.92. The first-order valence-corrected chi connectivity index (χ1v) is 6.75. The fourth-order valence-electron chi connectivity index (χ4n) is 2.23. The molecule has 0 saturated heterocycles. The molecule has 0 aromatic heterocycles. The van der Waals surface area contributed by atoms with E-state index in [0.717, 1.165) is 19.3 Å². The summed E-state index contributed by atoms with van der Waals surface area (Å²) in [6.07, 6.45) is 6.74. The van der Waals surface area contributed by atoms with Gasteiger partial charge in [0.25, 0.3) is 0 Å². The number of nitrogens with two attached hydrogens (primary N) is 1. The van der Waals surface area contributed by atoms with Crippen LogP contribution in [0.2, 0.25) is 0 Å². The Morgan fingerprint density at radius 1 is 1.24 bits per heavy atom. The Bertz CT molecular complexity index is 215. The number of hydrogen-bond donors (Lipinski definition) is 1. The van der Waals surface area contributed by atoms with E-state index in [4.69, 9.17) is 15.2 Å². The van der Waals surface area contributed by atoms with Crippen molar-refractivity contribution in [2.75, 3.05) is 19.8 Å². The molecule has 0 heterocycles. The van der Waals surface area contributed by atoms with Gasteiger partial charge in [0, 0.05) is 6.61 Å². The third-order valence-corrected chi connectivity index (χ3v) is 3.25. The number of hydrogen-bond acceptors (Lipinski definition) is 4. The van der Waals surface area contributed by atoms with E-state index in [-0.39, 0.29) is 5.97 Å². The summed E-state index contributed by atoms with van der Waals surface area (Å²) in [6.45, 7) is 3.55. The zero-order valence-corrected chi connectivity index (χ0v) is 10.8. The van der Waals surface area contributed by atoms with Crippen molar-refractivity contribution in [2.24, 2.45) is 11.7 Å². The quantitative estimate of drug-likeness (QED) is 0.547. The topological polar surface area (TPSA) is 61.5 Å². The van der Waals surface area contributed by atoms with E-state index in [0.29, 0.717) is 25.7 Å². The van der Waals surface area contributed by atoms with Crippen LogP contribution < -0.4 is 5.73 Å². The molecular weight excluding hydrogens is 218 g/mol. The molecule has 4 heteroatoms. The van der Waals surface area contributed by atoms with Crippen molar-refractivity contribution in [1.29, 1.82) is 0 Å². The summed E-state index contributed by atoms with van der Waals surface area (Å²) < 4.78 is 10.4. The summed E-state index contributed by atoms with van der Waals surface area (Å²) in [4.78, 5) is 11.7. The molecule has 1 fully saturated rings. The minimum Gasteiger partial charge on any atom is -0.462 e. The Kier molecular flexibility index (Phi) is 7.21. The zero-order valence-electron chi connectivity index (χ0n) is 10.8. The molecule has 0 aliphatic heterocycles. The molecule has 0 aromatic rings. The second kappa shape index (κ2) is 8.48. The Balaban J connectivity index is 2.13. The molecule has 1 atom stereocenters. The van der Waals surface area contributed by atoms with Crippen LogP contribution >= 0.6 is 0 Å². The van der Waals surface area contributed by atoms with Crippen LogP contribution in [-0.2, 0) is 14.3 Å². The molecule has 4 nitrogen and oxygen atoms in total. The van der Waals surface area contributed by atoms with Crippen LogP contribution in [0, 0.1) is 5.92 Å². The molecule has 0 bridgehead atoms. The lowest BCUT2D eigenvalue weighted by Gasteiger charge is -2.25. The van der Waals surface area contributed by atoms with Gasteiger partial charge in [0.15, 0.2) is 0 Å². The van der Waals surface area contributed by atoms with Gasteiger partial charge >= 0.3 is 5.97 Å². The van der Waals surface area contributed by atoms with Crippen LogP contribution in [0.1, 0.15) is 45.4 Å². The Morgan fingerprint density at radius 3 is 2.59 bits per heavy atom. The van der Waals surface area contributed by atoms with Crippen molar-refractivity contribution in [3.63, 3.8) is 0 Å². The van der Waals surface area contributed by atoms with Gasteiger partial charge in [0.1, 0.15) is 12.6 Å². The molecule has 17 heavy (non-hydrogen) atoms. The minimum absolute atomic E-state index is 0.267. The SMILES string of the molecule is CCCOCCOC(=O)C(N)C1CCCCC1. The van der Waals surface area contributed by atoms with E-state index in [1.54, 1.807) is 0 Å². The summed E-state index contributed by atoms with van der Waals surface area (Å²) in [6, 6.07) is -0.443. The molecule has 1 aliphatic rings. The van der Waals surface area contributed by atoms with E-state index in [1.165, 1.54) is 19.3 Å². The van der Waals surface area contributed by atoms with Gasteiger partial charge in [-0.2, -0.15) is 0 Å².